The van der Waals surface area contributed by atoms with Crippen LogP contribution in [0.4, 0.5) is 5.13 Å². The maximum absolute atomic E-state index is 12.9. The molecule has 7 heteroatoms. The Bertz CT molecular complexity index is 1020. The number of rotatable bonds is 5. The van der Waals surface area contributed by atoms with Crippen LogP contribution in [-0.4, -0.2) is 53.5 Å². The van der Waals surface area contributed by atoms with Gasteiger partial charge in [0.1, 0.15) is 11.6 Å². The van der Waals surface area contributed by atoms with Gasteiger partial charge in [-0.05, 0) is 42.7 Å². The molecule has 1 amide bonds. The highest BCUT2D eigenvalue weighted by atomic mass is 32.1. The summed E-state index contributed by atoms with van der Waals surface area (Å²) in [7, 11) is 1.67. The van der Waals surface area contributed by atoms with Gasteiger partial charge in [-0.2, -0.15) is 4.37 Å². The zero-order valence-electron chi connectivity index (χ0n) is 17.4. The van der Waals surface area contributed by atoms with Crippen LogP contribution < -0.4 is 9.64 Å². The van der Waals surface area contributed by atoms with Crippen molar-refractivity contribution in [2.75, 3.05) is 38.2 Å². The van der Waals surface area contributed by atoms with Gasteiger partial charge in [-0.15, -0.1) is 0 Å². The third-order valence-electron chi connectivity index (χ3n) is 5.38. The van der Waals surface area contributed by atoms with Crippen LogP contribution in [0.15, 0.2) is 48.5 Å². The quantitative estimate of drug-likeness (QED) is 0.626. The molecule has 1 saturated heterocycles. The lowest BCUT2D eigenvalue weighted by Crippen LogP contribution is -2.35. The minimum absolute atomic E-state index is 0.117. The van der Waals surface area contributed by atoms with Crippen molar-refractivity contribution in [1.82, 2.24) is 14.3 Å². The Morgan fingerprint density at radius 2 is 1.97 bits per heavy atom. The van der Waals surface area contributed by atoms with E-state index in [0.29, 0.717) is 13.0 Å². The molecule has 2 heterocycles. The van der Waals surface area contributed by atoms with Gasteiger partial charge in [-0.1, -0.05) is 30.3 Å². The minimum Gasteiger partial charge on any atom is -0.497 e. The summed E-state index contributed by atoms with van der Waals surface area (Å²) < 4.78 is 9.85. The van der Waals surface area contributed by atoms with Gasteiger partial charge in [0, 0.05) is 49.7 Å². The second-order valence-corrected chi connectivity index (χ2v) is 8.20. The molecule has 0 aliphatic carbocycles. The fourth-order valence-electron chi connectivity index (χ4n) is 3.71. The van der Waals surface area contributed by atoms with Crippen LogP contribution in [0.25, 0.3) is 0 Å². The van der Waals surface area contributed by atoms with Gasteiger partial charge in [0.2, 0.25) is 5.13 Å². The second-order valence-electron chi connectivity index (χ2n) is 7.47. The Morgan fingerprint density at radius 1 is 1.10 bits per heavy atom. The molecule has 0 N–H and O–H groups in total. The molecule has 0 atom stereocenters. The van der Waals surface area contributed by atoms with Crippen LogP contribution in [0.1, 0.15) is 33.7 Å². The Hall–Kier alpha value is -2.93. The number of nitrogens with zero attached hydrogens (tertiary/aromatic N) is 4. The first kappa shape index (κ1) is 20.3. The van der Waals surface area contributed by atoms with E-state index in [1.807, 2.05) is 54.3 Å². The van der Waals surface area contributed by atoms with E-state index in [1.165, 1.54) is 11.5 Å². The number of hydrogen-bond donors (Lipinski definition) is 0. The van der Waals surface area contributed by atoms with Gasteiger partial charge in [0.15, 0.2) is 0 Å². The van der Waals surface area contributed by atoms with Crippen LogP contribution in [0.3, 0.4) is 0 Å². The largest absolute Gasteiger partial charge is 0.497 e. The summed E-state index contributed by atoms with van der Waals surface area (Å²) >= 11 is 1.43. The number of aromatic nitrogens is 2. The topological polar surface area (TPSA) is 58.6 Å². The number of carbonyl (C=O) groups excluding carboxylic acids is 1. The normalized spacial score (nSPS) is 14.5. The average molecular weight is 423 g/mol. The van der Waals surface area contributed by atoms with Crippen molar-refractivity contribution in [2.45, 2.75) is 19.8 Å². The Kier molecular flexibility index (Phi) is 6.28. The van der Waals surface area contributed by atoms with Crippen molar-refractivity contribution in [2.24, 2.45) is 0 Å². The van der Waals surface area contributed by atoms with Crippen LogP contribution >= 0.6 is 11.5 Å². The molecule has 0 saturated carbocycles. The average Bonchev–Trinajstić information content (AvgIpc) is 3.08. The first-order valence-corrected chi connectivity index (χ1v) is 11.0. The lowest BCUT2D eigenvalue weighted by Gasteiger charge is -2.22. The summed E-state index contributed by atoms with van der Waals surface area (Å²) in [5.74, 6) is 1.78. The molecule has 2 aromatic carbocycles. The fourth-order valence-corrected chi connectivity index (χ4v) is 4.44. The van der Waals surface area contributed by atoms with E-state index >= 15 is 0 Å². The van der Waals surface area contributed by atoms with Gasteiger partial charge >= 0.3 is 0 Å². The second kappa shape index (κ2) is 9.26. The Morgan fingerprint density at radius 3 is 2.80 bits per heavy atom. The monoisotopic (exact) mass is 422 g/mol. The number of methoxy groups -OCH3 is 1. The smallest absolute Gasteiger partial charge is 0.254 e. The Balaban J connectivity index is 1.40. The minimum atomic E-state index is 0.117. The van der Waals surface area contributed by atoms with Gasteiger partial charge in [0.05, 0.1) is 7.11 Å². The molecule has 1 fully saturated rings. The summed E-state index contributed by atoms with van der Waals surface area (Å²) in [4.78, 5) is 21.9. The van der Waals surface area contributed by atoms with Crippen molar-refractivity contribution in [3.05, 3.63) is 71.0 Å². The zero-order chi connectivity index (χ0) is 20.9. The molecule has 0 bridgehead atoms. The van der Waals surface area contributed by atoms with Crippen molar-refractivity contribution >= 4 is 22.6 Å². The number of ether oxygens (including phenoxy) is 1. The molecule has 6 nitrogen and oxygen atoms in total. The Labute approximate surface area is 181 Å². The standard InChI is InChI=1S/C23H26N4O2S/c1-17-7-3-4-10-20(17)22(28)26-11-6-12-27(14-13-26)23-24-21(25-30-23)16-18-8-5-9-19(15-18)29-2/h3-5,7-10,15H,6,11-14,16H2,1-2H3. The van der Waals surface area contributed by atoms with Gasteiger partial charge in [0.25, 0.3) is 5.91 Å². The maximum Gasteiger partial charge on any atom is 0.254 e. The molecule has 1 aromatic heterocycles. The number of anilines is 1. The summed E-state index contributed by atoms with van der Waals surface area (Å²) in [6.07, 6.45) is 1.60. The van der Waals surface area contributed by atoms with Crippen LogP contribution in [0, 0.1) is 6.92 Å². The molecule has 4 rings (SSSR count). The lowest BCUT2D eigenvalue weighted by molar-refractivity contribution is 0.0766. The van der Waals surface area contributed by atoms with E-state index in [4.69, 9.17) is 9.72 Å². The van der Waals surface area contributed by atoms with Crippen LogP contribution in [-0.2, 0) is 6.42 Å². The first-order valence-electron chi connectivity index (χ1n) is 10.2. The molecule has 0 spiro atoms. The summed E-state index contributed by atoms with van der Waals surface area (Å²) in [5.41, 5.74) is 2.95. The van der Waals surface area contributed by atoms with E-state index in [2.05, 4.69) is 15.3 Å². The molecule has 1 aliphatic rings. The molecular weight excluding hydrogens is 396 g/mol. The first-order chi connectivity index (χ1) is 14.6. The third kappa shape index (κ3) is 4.62. The number of benzene rings is 2. The van der Waals surface area contributed by atoms with Crippen molar-refractivity contribution in [3.8, 4) is 5.75 Å². The summed E-state index contributed by atoms with van der Waals surface area (Å²) in [5, 5.41) is 0.929. The molecule has 30 heavy (non-hydrogen) atoms. The van der Waals surface area contributed by atoms with Gasteiger partial charge < -0.3 is 14.5 Å². The molecular formula is C23H26N4O2S. The molecule has 0 radical (unpaired) electrons. The maximum atomic E-state index is 12.9. The van der Waals surface area contributed by atoms with Crippen LogP contribution in [0.2, 0.25) is 0 Å². The summed E-state index contributed by atoms with van der Waals surface area (Å²) in [6, 6.07) is 15.8. The molecule has 1 aliphatic heterocycles. The number of hydrogen-bond acceptors (Lipinski definition) is 6. The van der Waals surface area contributed by atoms with E-state index in [9.17, 15) is 4.79 Å². The van der Waals surface area contributed by atoms with E-state index in [0.717, 1.165) is 59.5 Å². The third-order valence-corrected chi connectivity index (χ3v) is 6.20. The molecule has 0 unspecified atom stereocenters. The molecule has 156 valence electrons. The van der Waals surface area contributed by atoms with E-state index in [-0.39, 0.29) is 5.91 Å². The van der Waals surface area contributed by atoms with Crippen molar-refractivity contribution < 1.29 is 9.53 Å². The van der Waals surface area contributed by atoms with Gasteiger partial charge in [-0.25, -0.2) is 4.98 Å². The van der Waals surface area contributed by atoms with Crippen molar-refractivity contribution in [3.63, 3.8) is 0 Å². The van der Waals surface area contributed by atoms with Crippen LogP contribution in [0.5, 0.6) is 5.75 Å². The summed E-state index contributed by atoms with van der Waals surface area (Å²) in [6.45, 7) is 5.09. The number of carbonyl (C=O) groups is 1. The number of aryl methyl sites for hydroxylation is 1. The lowest BCUT2D eigenvalue weighted by atomic mass is 10.1. The highest BCUT2D eigenvalue weighted by molar-refractivity contribution is 7.09. The predicted octanol–water partition coefficient (Wildman–Crippen LogP) is 3.80. The molecule has 3 aromatic rings. The zero-order valence-corrected chi connectivity index (χ0v) is 18.2. The SMILES string of the molecule is COc1cccc(Cc2nsc(N3CCCN(C(=O)c4ccccc4C)CC3)n2)c1. The highest BCUT2D eigenvalue weighted by Gasteiger charge is 2.23. The highest BCUT2D eigenvalue weighted by Crippen LogP contribution is 2.22. The van der Waals surface area contributed by atoms with Crippen molar-refractivity contribution in [1.29, 1.82) is 0 Å². The fraction of sp³-hybridized carbons (Fsp3) is 0.348. The van der Waals surface area contributed by atoms with Gasteiger partial charge in [-0.3, -0.25) is 4.79 Å². The predicted molar refractivity (Wildman–Crippen MR) is 120 cm³/mol. The van der Waals surface area contributed by atoms with E-state index in [1.54, 1.807) is 7.11 Å². The van der Waals surface area contributed by atoms with E-state index < -0.39 is 0 Å². The number of amides is 1.